The number of pyridine rings is 1. The zero-order chi connectivity index (χ0) is 25.7. The average molecular weight is 355 g/mol. The van der Waals surface area contributed by atoms with Crippen LogP contribution in [0.5, 0.6) is 11.5 Å². The van der Waals surface area contributed by atoms with Gasteiger partial charge in [0.25, 0.3) is 0 Å². The van der Waals surface area contributed by atoms with Gasteiger partial charge in [0.1, 0.15) is 11.5 Å². The molecule has 126 valence electrons. The molecule has 1 atom stereocenters. The number of imidazole rings is 1. The molecule has 0 radical (unpaired) electrons. The van der Waals surface area contributed by atoms with Crippen LogP contribution in [0.15, 0.2) is 29.5 Å². The van der Waals surface area contributed by atoms with E-state index in [2.05, 4.69) is 15.0 Å². The van der Waals surface area contributed by atoms with E-state index in [0.29, 0.717) is 0 Å². The van der Waals surface area contributed by atoms with Gasteiger partial charge in [-0.15, -0.1) is 0 Å². The molecule has 0 fully saturated rings. The lowest BCUT2D eigenvalue weighted by Gasteiger charge is -2.11. The van der Waals surface area contributed by atoms with Crippen LogP contribution in [0.2, 0.25) is 0 Å². The van der Waals surface area contributed by atoms with Crippen molar-refractivity contribution < 1.29 is 27.4 Å². The molecule has 24 heavy (non-hydrogen) atoms. The highest BCUT2D eigenvalue weighted by atomic mass is 32.2. The number of hydrogen-bond donors (Lipinski definition) is 1. The quantitative estimate of drug-likeness (QED) is 0.761. The molecule has 0 saturated carbocycles. The molecule has 2 aromatic heterocycles. The Morgan fingerprint density at radius 3 is 2.92 bits per heavy atom. The largest absolute Gasteiger partial charge is 0.497 e. The van der Waals surface area contributed by atoms with Crippen LogP contribution < -0.4 is 9.47 Å². The van der Waals surface area contributed by atoms with Crippen molar-refractivity contribution in [3.05, 3.63) is 41.1 Å². The van der Waals surface area contributed by atoms with E-state index in [1.165, 1.54) is 7.11 Å². The van der Waals surface area contributed by atoms with E-state index in [1.807, 2.05) is 0 Å². The standard InChI is InChI=1S/C17H19N3O3S/c1-10-8-18-15(11(2)16(10)23-4)9-24(21)17-19-13-6-5-12(22-3)7-14(13)20-17/h5-8H,9H2,1-4H3,(H,19,20)/i1D3,2D3,5D,6D,7D,8D. The van der Waals surface area contributed by atoms with Gasteiger partial charge in [0.2, 0.25) is 0 Å². The Hall–Kier alpha value is -2.41. The number of nitrogens with one attached hydrogen (secondary N) is 1. The molecule has 0 aliphatic carbocycles. The molecule has 0 amide bonds. The summed E-state index contributed by atoms with van der Waals surface area (Å²) in [4.78, 5) is 10.5. The SMILES string of the molecule is [2H]c1nc(CS(=O)c2nc3c([2H])c([2H])c(OC)c([2H])c3[nH]2)c(C([2H])([2H])[2H])c(OC)c1C([2H])([2H])[2H]. The maximum absolute atomic E-state index is 13.1. The lowest BCUT2D eigenvalue weighted by atomic mass is 10.1. The van der Waals surface area contributed by atoms with Gasteiger partial charge in [-0.3, -0.25) is 9.19 Å². The van der Waals surface area contributed by atoms with E-state index in [0.717, 1.165) is 7.11 Å². The van der Waals surface area contributed by atoms with Crippen molar-refractivity contribution >= 4 is 21.8 Å². The number of hydrogen-bond acceptors (Lipinski definition) is 5. The van der Waals surface area contributed by atoms with E-state index in [9.17, 15) is 4.21 Å². The van der Waals surface area contributed by atoms with E-state index >= 15 is 0 Å². The molecule has 7 heteroatoms. The van der Waals surface area contributed by atoms with Crippen LogP contribution in [-0.4, -0.2) is 33.4 Å². The number of aromatic amines is 1. The monoisotopic (exact) mass is 355 g/mol. The summed E-state index contributed by atoms with van der Waals surface area (Å²) in [6.45, 7) is -5.79. The Bertz CT molecular complexity index is 1300. The summed E-state index contributed by atoms with van der Waals surface area (Å²) in [7, 11) is 0.188. The minimum atomic E-state index is -2.91. The molecule has 0 saturated heterocycles. The maximum atomic E-state index is 13.1. The van der Waals surface area contributed by atoms with Gasteiger partial charge in [0.15, 0.2) is 5.16 Å². The van der Waals surface area contributed by atoms with Crippen LogP contribution >= 0.6 is 0 Å². The summed E-state index contributed by atoms with van der Waals surface area (Å²) in [5.41, 5.74) is -1.70. The fourth-order valence-electron chi connectivity index (χ4n) is 1.99. The van der Waals surface area contributed by atoms with Gasteiger partial charge in [0.05, 0.1) is 53.0 Å². The molecular formula is C17H19N3O3S. The molecule has 0 bridgehead atoms. The molecule has 6 nitrogen and oxygen atoms in total. The minimum Gasteiger partial charge on any atom is -0.497 e. The Morgan fingerprint density at radius 1 is 1.33 bits per heavy atom. The van der Waals surface area contributed by atoms with Crippen molar-refractivity contribution in [2.45, 2.75) is 24.6 Å². The predicted octanol–water partition coefficient (Wildman–Crippen LogP) is 2.90. The van der Waals surface area contributed by atoms with Gasteiger partial charge in [-0.1, -0.05) is 0 Å². The first-order valence-corrected chi connectivity index (χ1v) is 7.95. The van der Waals surface area contributed by atoms with E-state index in [1.54, 1.807) is 0 Å². The van der Waals surface area contributed by atoms with E-state index in [-0.39, 0.29) is 45.8 Å². The first-order chi connectivity index (χ1) is 15.6. The van der Waals surface area contributed by atoms with Gasteiger partial charge in [-0.25, -0.2) is 4.98 Å². The van der Waals surface area contributed by atoms with Gasteiger partial charge in [0, 0.05) is 31.6 Å². The summed E-state index contributed by atoms with van der Waals surface area (Å²) < 4.78 is 102. The zero-order valence-corrected chi connectivity index (χ0v) is 13.6. The molecule has 0 spiro atoms. The third kappa shape index (κ3) is 2.99. The van der Waals surface area contributed by atoms with Crippen LogP contribution in [0.4, 0.5) is 0 Å². The Morgan fingerprint density at radius 2 is 2.21 bits per heavy atom. The van der Waals surface area contributed by atoms with Crippen LogP contribution in [-0.2, 0) is 16.6 Å². The molecule has 1 unspecified atom stereocenters. The van der Waals surface area contributed by atoms with Crippen molar-refractivity contribution in [3.8, 4) is 11.5 Å². The van der Waals surface area contributed by atoms with Crippen molar-refractivity contribution in [3.63, 3.8) is 0 Å². The van der Waals surface area contributed by atoms with Gasteiger partial charge in [-0.05, 0) is 25.8 Å². The number of nitrogens with zero attached hydrogens (tertiary/aromatic N) is 2. The zero-order valence-electron chi connectivity index (χ0n) is 22.7. The number of H-pyrrole nitrogens is 1. The third-order valence-corrected chi connectivity index (χ3v) is 4.31. The average Bonchev–Trinajstić information content (AvgIpc) is 3.16. The number of ether oxygens (including phenoxy) is 2. The Labute approximate surface area is 156 Å². The molecule has 0 aliphatic heterocycles. The number of benzene rings is 1. The topological polar surface area (TPSA) is 77.1 Å². The first kappa shape index (κ1) is 8.11. The van der Waals surface area contributed by atoms with Crippen molar-refractivity contribution in [1.29, 1.82) is 0 Å². The summed E-state index contributed by atoms with van der Waals surface area (Å²) in [5.74, 6) is -1.31. The van der Waals surface area contributed by atoms with Crippen LogP contribution in [0.3, 0.4) is 0 Å². The number of fused-ring (bicyclic) bond motifs is 1. The van der Waals surface area contributed by atoms with Crippen LogP contribution in [0.1, 0.15) is 30.5 Å². The molecule has 2 heterocycles. The highest BCUT2D eigenvalue weighted by molar-refractivity contribution is 7.84. The Balaban J connectivity index is 2.17. The normalized spacial score (nSPS) is 19.4. The fraction of sp³-hybridized carbons (Fsp3) is 0.294. The molecule has 3 rings (SSSR count). The second-order valence-corrected chi connectivity index (χ2v) is 5.98. The van der Waals surface area contributed by atoms with Gasteiger partial charge >= 0.3 is 0 Å². The highest BCUT2D eigenvalue weighted by Gasteiger charge is 2.16. The molecular weight excluding hydrogens is 326 g/mol. The minimum absolute atomic E-state index is 0.00159. The Kier molecular flexibility index (Phi) is 2.23. The van der Waals surface area contributed by atoms with Crippen LogP contribution in [0.25, 0.3) is 11.0 Å². The van der Waals surface area contributed by atoms with Gasteiger partial charge in [-0.2, -0.15) is 0 Å². The van der Waals surface area contributed by atoms with Gasteiger partial charge < -0.3 is 14.5 Å². The number of aromatic nitrogens is 3. The fourth-order valence-corrected chi connectivity index (χ4v) is 2.99. The van der Waals surface area contributed by atoms with Crippen molar-refractivity contribution in [2.24, 2.45) is 0 Å². The molecule has 1 N–H and O–H groups in total. The first-order valence-electron chi connectivity index (χ1n) is 11.6. The van der Waals surface area contributed by atoms with Crippen molar-refractivity contribution in [1.82, 2.24) is 15.0 Å². The lowest BCUT2D eigenvalue weighted by molar-refractivity contribution is 0.407. The summed E-state index contributed by atoms with van der Waals surface area (Å²) in [6.07, 6.45) is -0.744. The van der Waals surface area contributed by atoms with Crippen molar-refractivity contribution in [2.75, 3.05) is 14.2 Å². The van der Waals surface area contributed by atoms with E-state index in [4.69, 9.17) is 23.2 Å². The smallest absolute Gasteiger partial charge is 0.197 e. The second-order valence-electron chi connectivity index (χ2n) is 4.62. The summed E-state index contributed by atoms with van der Waals surface area (Å²) in [6, 6.07) is -1.01. The van der Waals surface area contributed by atoms with Crippen LogP contribution in [0, 0.1) is 13.7 Å². The maximum Gasteiger partial charge on any atom is 0.197 e. The second kappa shape index (κ2) is 6.60. The predicted molar refractivity (Wildman–Crippen MR) is 93.0 cm³/mol. The highest BCUT2D eigenvalue weighted by Crippen LogP contribution is 2.26. The molecule has 1 aromatic carbocycles. The molecule has 0 aliphatic rings. The number of rotatable bonds is 5. The lowest BCUT2D eigenvalue weighted by Crippen LogP contribution is -2.05. The molecule has 3 aromatic rings. The number of methoxy groups -OCH3 is 2. The summed E-state index contributed by atoms with van der Waals surface area (Å²) in [5, 5.41) is -0.228. The third-order valence-electron chi connectivity index (χ3n) is 3.15. The summed E-state index contributed by atoms with van der Waals surface area (Å²) >= 11 is 0. The van der Waals surface area contributed by atoms with E-state index < -0.39 is 53.3 Å².